The summed E-state index contributed by atoms with van der Waals surface area (Å²) in [5.74, 6) is -3.66. The van der Waals surface area contributed by atoms with Gasteiger partial charge in [0, 0.05) is 43.6 Å². The van der Waals surface area contributed by atoms with Gasteiger partial charge in [0.25, 0.3) is 0 Å². The van der Waals surface area contributed by atoms with Crippen LogP contribution in [0.5, 0.6) is 0 Å². The maximum absolute atomic E-state index is 13.8. The summed E-state index contributed by atoms with van der Waals surface area (Å²) in [4.78, 5) is 50.2. The van der Waals surface area contributed by atoms with Crippen molar-refractivity contribution in [1.82, 2.24) is 0 Å². The zero-order valence-corrected chi connectivity index (χ0v) is 39.2. The van der Waals surface area contributed by atoms with Gasteiger partial charge in [0.05, 0.1) is 63.4 Å². The van der Waals surface area contributed by atoms with Crippen LogP contribution in [0.15, 0.2) is 54.1 Å². The van der Waals surface area contributed by atoms with Crippen molar-refractivity contribution in [2.45, 2.75) is 193 Å². The van der Waals surface area contributed by atoms with Crippen LogP contribution < -0.4 is 0 Å². The summed E-state index contributed by atoms with van der Waals surface area (Å²) in [6.45, 7) is 13.8. The second kappa shape index (κ2) is 23.3. The first kappa shape index (κ1) is 51.5. The average Bonchev–Trinajstić information content (AvgIpc) is 3.23. The summed E-state index contributed by atoms with van der Waals surface area (Å²) in [6.07, 6.45) is 6.19. The topological polar surface area (TPSA) is 183 Å². The van der Waals surface area contributed by atoms with Gasteiger partial charge in [-0.1, -0.05) is 77.4 Å². The predicted octanol–water partition coefficient (Wildman–Crippen LogP) is 7.25. The van der Waals surface area contributed by atoms with Crippen LogP contribution in [0.4, 0.5) is 0 Å². The van der Waals surface area contributed by atoms with E-state index in [9.17, 15) is 29.4 Å². The van der Waals surface area contributed by atoms with Crippen molar-refractivity contribution >= 4 is 24.2 Å². The lowest BCUT2D eigenvalue weighted by atomic mass is 9.72. The summed E-state index contributed by atoms with van der Waals surface area (Å²) in [7, 11) is 1.20. The van der Waals surface area contributed by atoms with E-state index in [0.29, 0.717) is 30.6 Å². The molecule has 14 heteroatoms. The Hall–Kier alpha value is -3.50. The Morgan fingerprint density at radius 1 is 0.969 bits per heavy atom. The number of aliphatic hydroxyl groups excluding tert-OH is 1. The number of aliphatic hydroxyl groups is 2. The van der Waals surface area contributed by atoms with Crippen LogP contribution in [0.1, 0.15) is 131 Å². The Labute approximate surface area is 379 Å². The zero-order valence-electron chi connectivity index (χ0n) is 39.2. The second-order valence-electron chi connectivity index (χ2n) is 19.4. The number of hydrogen-bond donors (Lipinski definition) is 2. The van der Waals surface area contributed by atoms with E-state index in [1.807, 2.05) is 30.3 Å². The van der Waals surface area contributed by atoms with E-state index < -0.39 is 65.4 Å². The SMILES string of the molecule is COC(=O)/C=C1\C[C@@H](C[C@@H](OC(=O)C[C@H](O)C[C@@H]2CCC[C@H](C[C@@H]3CCO[C@@]4(C[C@H](C)CC[C@H]4C(C)C)O3)O2)[C@H](C)OCc2ccccc2)O[C@@](O)(C(C)(C)/C=C/C=O)C1OC(C)=O. The molecular weight excluding hydrogens is 825 g/mol. The maximum Gasteiger partial charge on any atom is 0.330 e. The first-order valence-corrected chi connectivity index (χ1v) is 23.4. The number of esters is 3. The van der Waals surface area contributed by atoms with E-state index in [0.717, 1.165) is 56.6 Å². The molecule has 4 aliphatic rings. The van der Waals surface area contributed by atoms with E-state index >= 15 is 0 Å². The smallest absolute Gasteiger partial charge is 0.330 e. The van der Waals surface area contributed by atoms with Crippen molar-refractivity contribution in [3.8, 4) is 0 Å². The highest BCUT2D eigenvalue weighted by Gasteiger charge is 2.57. The molecule has 1 aromatic rings. The lowest BCUT2D eigenvalue weighted by Crippen LogP contribution is -2.62. The van der Waals surface area contributed by atoms with Gasteiger partial charge in [-0.15, -0.1) is 0 Å². The van der Waals surface area contributed by atoms with Crippen molar-refractivity contribution in [2.75, 3.05) is 13.7 Å². The number of ether oxygens (including phenoxy) is 8. The van der Waals surface area contributed by atoms with Crippen LogP contribution in [0.2, 0.25) is 0 Å². The van der Waals surface area contributed by atoms with Gasteiger partial charge in [-0.3, -0.25) is 14.4 Å². The fourth-order valence-electron chi connectivity index (χ4n) is 10.1. The molecule has 1 aliphatic carbocycles. The van der Waals surface area contributed by atoms with Crippen LogP contribution >= 0.6 is 0 Å². The third kappa shape index (κ3) is 13.8. The van der Waals surface area contributed by atoms with Gasteiger partial charge in [0.15, 0.2) is 11.9 Å². The molecule has 0 bridgehead atoms. The summed E-state index contributed by atoms with van der Waals surface area (Å²) in [6, 6.07) is 9.49. The third-order valence-electron chi connectivity index (χ3n) is 13.5. The van der Waals surface area contributed by atoms with Gasteiger partial charge in [-0.25, -0.2) is 4.79 Å². The molecule has 1 aromatic carbocycles. The predicted molar refractivity (Wildman–Crippen MR) is 236 cm³/mol. The Kier molecular flexibility index (Phi) is 18.7. The van der Waals surface area contributed by atoms with Crippen LogP contribution in [-0.4, -0.2) is 109 Å². The minimum atomic E-state index is -2.30. The number of aldehydes is 1. The number of hydrogen-bond acceptors (Lipinski definition) is 14. The van der Waals surface area contributed by atoms with Crippen LogP contribution in [-0.2, 0) is 63.7 Å². The van der Waals surface area contributed by atoms with E-state index in [1.165, 1.54) is 32.6 Å². The van der Waals surface area contributed by atoms with Gasteiger partial charge >= 0.3 is 17.9 Å². The van der Waals surface area contributed by atoms with E-state index in [1.54, 1.807) is 20.8 Å². The molecule has 14 nitrogen and oxygen atoms in total. The molecule has 0 amide bonds. The summed E-state index contributed by atoms with van der Waals surface area (Å²) in [5.41, 5.74) is -0.270. The van der Waals surface area contributed by atoms with Gasteiger partial charge in [-0.05, 0) is 80.9 Å². The molecule has 3 heterocycles. The van der Waals surface area contributed by atoms with Crippen molar-refractivity contribution < 1.29 is 67.3 Å². The van der Waals surface area contributed by atoms with E-state index in [-0.39, 0.29) is 56.2 Å². The summed E-state index contributed by atoms with van der Waals surface area (Å²) >= 11 is 0. The van der Waals surface area contributed by atoms with Crippen molar-refractivity contribution in [3.05, 3.63) is 59.7 Å². The molecule has 4 fully saturated rings. The zero-order chi connectivity index (χ0) is 46.7. The van der Waals surface area contributed by atoms with E-state index in [4.69, 9.17) is 37.9 Å². The number of allylic oxidation sites excluding steroid dienone is 1. The summed E-state index contributed by atoms with van der Waals surface area (Å²) < 4.78 is 49.2. The molecule has 0 aromatic heterocycles. The Morgan fingerprint density at radius 3 is 2.39 bits per heavy atom. The van der Waals surface area contributed by atoms with E-state index in [2.05, 4.69) is 20.8 Å². The highest BCUT2D eigenvalue weighted by atomic mass is 16.7. The number of carbonyl (C=O) groups excluding carboxylic acids is 4. The van der Waals surface area contributed by atoms with Crippen molar-refractivity contribution in [3.63, 3.8) is 0 Å². The van der Waals surface area contributed by atoms with Gasteiger partial charge < -0.3 is 48.1 Å². The van der Waals surface area contributed by atoms with Crippen molar-refractivity contribution in [2.24, 2.45) is 23.2 Å². The molecule has 64 heavy (non-hydrogen) atoms. The Bertz CT molecular complexity index is 1740. The average molecular weight is 899 g/mol. The highest BCUT2D eigenvalue weighted by molar-refractivity contribution is 5.83. The molecule has 1 saturated carbocycles. The third-order valence-corrected chi connectivity index (χ3v) is 13.5. The largest absolute Gasteiger partial charge is 0.466 e. The number of methoxy groups -OCH3 is 1. The molecule has 3 aliphatic heterocycles. The van der Waals surface area contributed by atoms with Gasteiger partial charge in [-0.2, -0.15) is 0 Å². The number of carbonyl (C=O) groups is 4. The number of benzene rings is 1. The van der Waals surface area contributed by atoms with Crippen molar-refractivity contribution in [1.29, 1.82) is 0 Å². The minimum absolute atomic E-state index is 0.0228. The quantitative estimate of drug-likeness (QED) is 0.0613. The highest BCUT2D eigenvalue weighted by Crippen LogP contribution is 2.48. The molecule has 12 atom stereocenters. The lowest BCUT2D eigenvalue weighted by Gasteiger charge is -2.51. The number of rotatable bonds is 19. The lowest BCUT2D eigenvalue weighted by molar-refractivity contribution is -0.342. The molecule has 1 spiro atoms. The Morgan fingerprint density at radius 2 is 1.70 bits per heavy atom. The molecular formula is C50H74O14. The molecule has 1 unspecified atom stereocenters. The molecule has 5 rings (SSSR count). The minimum Gasteiger partial charge on any atom is -0.466 e. The standard InChI is InChI=1S/C50H74O14/c1-32(2)43-19-18-33(3)30-49(43)59-23-20-41(63-49)28-40-17-12-16-39(61-40)26-38(53)27-46(55)62-44(34(4)58-31-36-14-10-9-11-15-36)29-42-24-37(25-45(54)57-8)47(60-35(5)52)50(56,64-42)48(6,7)21-13-22-51/h9-11,13-15,21-22,25,32-34,38-44,47,53,56H,12,16-20,23-24,26-31H2,1-8H3/b21-13+,37-25+/t33-,34+,38-,39+,40-,41+,42+,43+,44-,47?,49+,50-/m1/s1. The molecule has 3 saturated heterocycles. The monoisotopic (exact) mass is 899 g/mol. The summed E-state index contributed by atoms with van der Waals surface area (Å²) in [5, 5.41) is 23.7. The van der Waals surface area contributed by atoms with Crippen LogP contribution in [0, 0.1) is 23.2 Å². The molecule has 2 N–H and O–H groups in total. The molecule has 358 valence electrons. The second-order valence-corrected chi connectivity index (χ2v) is 19.4. The first-order valence-electron chi connectivity index (χ1n) is 23.4. The van der Waals surface area contributed by atoms with Crippen LogP contribution in [0.3, 0.4) is 0 Å². The maximum atomic E-state index is 13.8. The Balaban J connectivity index is 1.27. The molecule has 0 radical (unpaired) electrons. The van der Waals surface area contributed by atoms with Gasteiger partial charge in [0.1, 0.15) is 12.4 Å². The fourth-order valence-corrected chi connectivity index (χ4v) is 10.1. The fraction of sp³-hybridized carbons (Fsp3) is 0.720. The van der Waals surface area contributed by atoms with Gasteiger partial charge in [0.2, 0.25) is 5.79 Å². The van der Waals surface area contributed by atoms with Crippen LogP contribution in [0.25, 0.3) is 0 Å². The first-order chi connectivity index (χ1) is 30.4. The normalized spacial score (nSPS) is 32.2.